The van der Waals surface area contributed by atoms with E-state index in [2.05, 4.69) is 5.32 Å². The molecule has 0 saturated carbocycles. The zero-order valence-corrected chi connectivity index (χ0v) is 18.6. The van der Waals surface area contributed by atoms with Crippen molar-refractivity contribution in [3.8, 4) is 0 Å². The molecule has 0 spiro atoms. The fourth-order valence-corrected chi connectivity index (χ4v) is 6.54. The molecule has 0 radical (unpaired) electrons. The number of nitrogens with one attached hydrogen (secondary N) is 1. The highest BCUT2D eigenvalue weighted by Crippen LogP contribution is 2.33. The van der Waals surface area contributed by atoms with Crippen LogP contribution in [0.15, 0.2) is 30.3 Å². The Hall–Kier alpha value is -1.01. The highest BCUT2D eigenvalue weighted by Gasteiger charge is 2.47. The first kappa shape index (κ1) is 23.7. The molecule has 8 nitrogen and oxygen atoms in total. The highest BCUT2D eigenvalue weighted by atomic mass is 32.2. The topological polar surface area (TPSA) is 119 Å². The first-order chi connectivity index (χ1) is 14.2. The van der Waals surface area contributed by atoms with Crippen LogP contribution in [0.4, 0.5) is 0 Å². The molecule has 2 heterocycles. The fourth-order valence-electron chi connectivity index (χ4n) is 4.56. The van der Waals surface area contributed by atoms with E-state index in [1.54, 1.807) is 4.31 Å². The van der Waals surface area contributed by atoms with Crippen LogP contribution in [0.3, 0.4) is 0 Å². The molecule has 0 bridgehead atoms. The largest absolute Gasteiger partial charge is 0.451 e. The van der Waals surface area contributed by atoms with Crippen LogP contribution in [-0.4, -0.2) is 72.0 Å². The van der Waals surface area contributed by atoms with Crippen molar-refractivity contribution in [1.82, 2.24) is 13.9 Å². The van der Waals surface area contributed by atoms with Crippen molar-refractivity contribution < 1.29 is 18.5 Å². The quantitative estimate of drug-likeness (QED) is 0.414. The summed E-state index contributed by atoms with van der Waals surface area (Å²) in [5, 5.41) is 21.5. The molecule has 1 unspecified atom stereocenters. The number of rotatable bonds is 9. The van der Waals surface area contributed by atoms with Crippen molar-refractivity contribution in [2.24, 2.45) is 11.7 Å². The summed E-state index contributed by atoms with van der Waals surface area (Å²) >= 11 is 0. The van der Waals surface area contributed by atoms with Crippen molar-refractivity contribution in [1.29, 1.82) is 0 Å². The minimum atomic E-state index is -3.70. The van der Waals surface area contributed by atoms with Gasteiger partial charge in [-0.2, -0.15) is 17.0 Å². The van der Waals surface area contributed by atoms with Crippen LogP contribution in [0, 0.1) is 5.92 Å². The van der Waals surface area contributed by atoms with Crippen molar-refractivity contribution in [3.05, 3.63) is 35.9 Å². The molecule has 0 aliphatic carbocycles. The Labute approximate surface area is 180 Å². The van der Waals surface area contributed by atoms with E-state index in [-0.39, 0.29) is 24.8 Å². The number of hydrogen-bond donors (Lipinski definition) is 4. The van der Waals surface area contributed by atoms with Gasteiger partial charge in [0.05, 0.1) is 0 Å². The second kappa shape index (κ2) is 10.1. The van der Waals surface area contributed by atoms with Crippen molar-refractivity contribution in [2.45, 2.75) is 57.1 Å². The molecule has 2 saturated heterocycles. The van der Waals surface area contributed by atoms with E-state index in [1.165, 1.54) is 4.31 Å². The van der Waals surface area contributed by atoms with Gasteiger partial charge in [0.25, 0.3) is 10.2 Å². The van der Waals surface area contributed by atoms with Gasteiger partial charge in [-0.15, -0.1) is 0 Å². The normalized spacial score (nSPS) is 28.2. The summed E-state index contributed by atoms with van der Waals surface area (Å²) in [6.45, 7) is 4.44. The Morgan fingerprint density at radius 3 is 2.70 bits per heavy atom. The van der Waals surface area contributed by atoms with Gasteiger partial charge in [0.2, 0.25) is 0 Å². The van der Waals surface area contributed by atoms with Gasteiger partial charge in [-0.1, -0.05) is 36.8 Å². The summed E-state index contributed by atoms with van der Waals surface area (Å²) in [5.41, 5.74) is 6.82. The average Bonchev–Trinajstić information content (AvgIpc) is 3.02. The van der Waals surface area contributed by atoms with E-state index in [1.807, 2.05) is 37.3 Å². The lowest BCUT2D eigenvalue weighted by Gasteiger charge is -2.36. The lowest BCUT2D eigenvalue weighted by molar-refractivity contribution is 0.242. The Kier molecular flexibility index (Phi) is 7.95. The summed E-state index contributed by atoms with van der Waals surface area (Å²) in [6.07, 6.45) is 3.33. The summed E-state index contributed by atoms with van der Waals surface area (Å²) < 4.78 is 30.7. The SMILES string of the molecule is C[C@]1(N)CN(S(=O)(=O)N(Cc2ccccc2)C2CCCNC2)C[C@@H]1CCCB(O)O. The molecule has 2 aliphatic heterocycles. The van der Waals surface area contributed by atoms with Gasteiger partial charge in [-0.25, -0.2) is 0 Å². The molecule has 3 rings (SSSR count). The molecule has 5 N–H and O–H groups in total. The summed E-state index contributed by atoms with van der Waals surface area (Å²) in [7, 11) is -5.03. The van der Waals surface area contributed by atoms with Gasteiger partial charge in [0.1, 0.15) is 0 Å². The van der Waals surface area contributed by atoms with E-state index >= 15 is 0 Å². The van der Waals surface area contributed by atoms with E-state index in [0.717, 1.165) is 24.9 Å². The van der Waals surface area contributed by atoms with Crippen LogP contribution >= 0.6 is 0 Å². The molecule has 168 valence electrons. The first-order valence-electron chi connectivity index (χ1n) is 10.9. The molecule has 1 aromatic rings. The second-order valence-corrected chi connectivity index (χ2v) is 10.8. The van der Waals surface area contributed by atoms with Crippen LogP contribution in [0.25, 0.3) is 0 Å². The number of nitrogens with zero attached hydrogens (tertiary/aromatic N) is 2. The standard InChI is InChI=1S/C20H35BN4O4S/c1-20(22)16-24(15-18(20)9-5-11-21(26)27)30(28,29)25(19-10-6-12-23-13-19)14-17-7-3-2-4-8-17/h2-4,7-8,18-19,23,26-27H,5-6,9-16,22H2,1H3/t18-,19?,20-/m0/s1. The molecular formula is C20H35BN4O4S. The van der Waals surface area contributed by atoms with E-state index in [9.17, 15) is 8.42 Å². The van der Waals surface area contributed by atoms with Crippen LogP contribution in [-0.2, 0) is 16.8 Å². The van der Waals surface area contributed by atoms with Crippen LogP contribution in [0.1, 0.15) is 38.2 Å². The smallest absolute Gasteiger partial charge is 0.427 e. The number of benzene rings is 1. The molecule has 0 aromatic heterocycles. The van der Waals surface area contributed by atoms with Gasteiger partial charge in [-0.05, 0) is 50.5 Å². The lowest BCUT2D eigenvalue weighted by Crippen LogP contribution is -2.53. The molecule has 10 heteroatoms. The van der Waals surface area contributed by atoms with Gasteiger partial charge in [0, 0.05) is 37.8 Å². The third-order valence-corrected chi connectivity index (χ3v) is 8.32. The predicted molar refractivity (Wildman–Crippen MR) is 119 cm³/mol. The molecule has 2 fully saturated rings. The van der Waals surface area contributed by atoms with Crippen molar-refractivity contribution in [2.75, 3.05) is 26.2 Å². The van der Waals surface area contributed by atoms with Gasteiger partial charge < -0.3 is 21.1 Å². The maximum atomic E-state index is 13.7. The summed E-state index contributed by atoms with van der Waals surface area (Å²) in [5.74, 6) is -0.0194. The minimum absolute atomic E-state index is 0.0194. The van der Waals surface area contributed by atoms with Crippen LogP contribution < -0.4 is 11.1 Å². The van der Waals surface area contributed by atoms with Gasteiger partial charge >= 0.3 is 7.12 Å². The highest BCUT2D eigenvalue weighted by molar-refractivity contribution is 7.86. The maximum absolute atomic E-state index is 13.7. The van der Waals surface area contributed by atoms with E-state index < -0.39 is 22.9 Å². The Balaban J connectivity index is 1.78. The predicted octanol–water partition coefficient (Wildman–Crippen LogP) is 0.388. The average molecular weight is 438 g/mol. The Morgan fingerprint density at radius 2 is 2.07 bits per heavy atom. The maximum Gasteiger partial charge on any atom is 0.451 e. The van der Waals surface area contributed by atoms with Crippen LogP contribution in [0.2, 0.25) is 6.32 Å². The molecule has 1 aromatic carbocycles. The Bertz CT molecular complexity index is 772. The molecular weight excluding hydrogens is 403 g/mol. The Morgan fingerprint density at radius 1 is 1.33 bits per heavy atom. The molecule has 0 amide bonds. The third-order valence-electron chi connectivity index (χ3n) is 6.37. The molecule has 3 atom stereocenters. The summed E-state index contributed by atoms with van der Waals surface area (Å²) in [4.78, 5) is 0. The first-order valence-corrected chi connectivity index (χ1v) is 12.3. The van der Waals surface area contributed by atoms with E-state index in [0.29, 0.717) is 32.5 Å². The zero-order valence-electron chi connectivity index (χ0n) is 17.8. The number of hydrogen-bond acceptors (Lipinski definition) is 6. The van der Waals surface area contributed by atoms with E-state index in [4.69, 9.17) is 15.8 Å². The number of piperidine rings is 1. The fraction of sp³-hybridized carbons (Fsp3) is 0.700. The molecule has 2 aliphatic rings. The number of nitrogens with two attached hydrogens (primary N) is 1. The van der Waals surface area contributed by atoms with Gasteiger partial charge in [0.15, 0.2) is 0 Å². The summed E-state index contributed by atoms with van der Waals surface area (Å²) in [6, 6.07) is 9.61. The minimum Gasteiger partial charge on any atom is -0.427 e. The van der Waals surface area contributed by atoms with Crippen molar-refractivity contribution >= 4 is 17.3 Å². The van der Waals surface area contributed by atoms with Crippen LogP contribution in [0.5, 0.6) is 0 Å². The lowest BCUT2D eigenvalue weighted by atomic mass is 9.79. The second-order valence-electron chi connectivity index (χ2n) is 8.95. The van der Waals surface area contributed by atoms with Gasteiger partial charge in [-0.3, -0.25) is 0 Å². The third kappa shape index (κ3) is 5.82. The zero-order chi connectivity index (χ0) is 21.8. The molecule has 30 heavy (non-hydrogen) atoms. The van der Waals surface area contributed by atoms with Crippen molar-refractivity contribution in [3.63, 3.8) is 0 Å². The monoisotopic (exact) mass is 438 g/mol.